The van der Waals surface area contributed by atoms with E-state index in [0.29, 0.717) is 200 Å². The zero-order valence-electron chi connectivity index (χ0n) is 86.0. The van der Waals surface area contributed by atoms with E-state index in [0.717, 1.165) is 41.3 Å². The maximum atomic E-state index is 12.7. The number of nitrogens with zero attached hydrogens (tertiary/aromatic N) is 40. The number of unbranched alkanes of at least 4 members (excludes halogenated alkanes) is 2. The van der Waals surface area contributed by atoms with Crippen LogP contribution in [0.2, 0.25) is 0 Å². The van der Waals surface area contributed by atoms with Gasteiger partial charge in [-0.15, -0.1) is 41.4 Å². The lowest BCUT2D eigenvalue weighted by Crippen LogP contribution is -2.42. The quantitative estimate of drug-likeness (QED) is 0.0215. The number of nitrogens with one attached hydrogen (secondary N) is 3. The largest absolute Gasteiger partial charge is 0.389 e. The molecule has 0 saturated carbocycles. The molecule has 19 heterocycles. The van der Waals surface area contributed by atoms with Gasteiger partial charge in [-0.3, -0.25) is 102 Å². The van der Waals surface area contributed by atoms with Crippen LogP contribution in [-0.4, -0.2) is 215 Å². The summed E-state index contributed by atoms with van der Waals surface area (Å²) in [6.45, 7) is 2.02. The first kappa shape index (κ1) is 109. The summed E-state index contributed by atoms with van der Waals surface area (Å²) in [6.07, 6.45) is 38.9. The van der Waals surface area contributed by atoms with Crippen LogP contribution < -0.4 is 83.3 Å². The van der Waals surface area contributed by atoms with E-state index in [1.807, 2.05) is 13.2 Å². The minimum atomic E-state index is -1.00. The number of fused-ring (bicyclic) bond motifs is 7. The Kier molecular flexibility index (Phi) is 36.3. The second kappa shape index (κ2) is 49.4. The predicted octanol–water partition coefficient (Wildman–Crippen LogP) is -3.58. The van der Waals surface area contributed by atoms with E-state index >= 15 is 0 Å². The third kappa shape index (κ3) is 24.4. The molecule has 0 aliphatic heterocycles. The molecule has 0 aliphatic carbocycles. The van der Waals surface area contributed by atoms with Crippen LogP contribution in [0.5, 0.6) is 0 Å². The molecule has 19 aromatic heterocycles. The van der Waals surface area contributed by atoms with Crippen LogP contribution in [0.1, 0.15) is 87.6 Å². The van der Waals surface area contributed by atoms with Gasteiger partial charge < -0.3 is 27.4 Å². The molecule has 0 amide bonds. The molecule has 0 radical (unpaired) electrons. The molecule has 0 atom stereocenters. The molecule has 0 spiro atoms. The first-order valence-corrected chi connectivity index (χ1v) is 46.4. The van der Waals surface area contributed by atoms with E-state index in [9.17, 15) is 71.5 Å². The monoisotopic (exact) mass is 2070 g/mol. The Bertz CT molecular complexity index is 8710. The molecule has 0 unspecified atom stereocenters. The highest BCUT2D eigenvalue weighted by Gasteiger charge is 2.25. The number of H-pyrrole nitrogens is 3. The molecule has 0 aliphatic rings. The highest BCUT2D eigenvalue weighted by Crippen LogP contribution is 2.13. The lowest BCUT2D eigenvalue weighted by atomic mass is 10.2. The summed E-state index contributed by atoms with van der Waals surface area (Å²) in [7, 11) is 29.6. The Hall–Kier alpha value is -17.9. The molecule has 0 aromatic carbocycles. The van der Waals surface area contributed by atoms with E-state index < -0.39 is 18.4 Å². The Morgan fingerprint density at radius 2 is 0.662 bits per heavy atom. The number of halogens is 2. The lowest BCUT2D eigenvalue weighted by molar-refractivity contribution is -0.648. The molecular weight excluding hydrogens is 1950 g/mol. The number of terminal acetylenes is 2. The summed E-state index contributed by atoms with van der Waals surface area (Å²) in [6, 6.07) is 0. The lowest BCUT2D eigenvalue weighted by Gasteiger charge is -2.08. The first-order chi connectivity index (χ1) is 71.1. The van der Waals surface area contributed by atoms with Crippen LogP contribution in [0.15, 0.2) is 142 Å². The van der Waals surface area contributed by atoms with Crippen molar-refractivity contribution in [2.45, 2.75) is 129 Å². The maximum Gasteiger partial charge on any atom is 0.389 e. The Balaban J connectivity index is 0.000000163. The van der Waals surface area contributed by atoms with Crippen molar-refractivity contribution in [3.05, 3.63) is 250 Å². The minimum absolute atomic E-state index is 0.259. The van der Waals surface area contributed by atoms with Gasteiger partial charge in [-0.2, -0.15) is 60.8 Å². The standard InChI is InChI=1S/C14H20N7O2.2C13H17N7O2.2C12H15N7O2.C12H14N4O2.C7H8N4O2.C5H7Cl.CH3F/c1-17-9-18(2)12-11(17)13(22)21(14(23)19(12)3)7-5-6-10-8-15-20(4)16-10;1-17-8-14-11-10(17)12(21)20(13(22)19(11)3)6-4-5-9-7-18(2)16-15-9;1-17-8-14-11-10(17)12(21)20(13(22)18(11)2)6-4-5-9-7-15-19(3)16-9;2*1-17-7-13-10-9(17)11(20)19(12(21)18(10)2)5-3-4-8-6-14-16-15-8;1-4-5-6-7-16-11(17)9-10(13-8-14(9)2)15(3)12(16)18;1-10-3-8-5-4(10)6(12)9-7(13)11(5)2;1-2-3-4-5-6;1-2/h8-9H,5-7H2,1-4H3;2*7-8H,4-6H2,1-3H3;2*6-7H,3-5H2,1-2H3,(H,14,15,16);1,8H,5-7H2,2-3H3;3H,1-2H3,(H,9,12,13);1H,3-5H2;1H3/q+1;;;;;;;;/i;;;;;;;;1D. The third-order valence-electron chi connectivity index (χ3n) is 23.6. The fraction of sp³-hybridized carbons (Fsp3) is 0.449. The molecule has 19 rings (SSSR count). The molecule has 148 heavy (non-hydrogen) atoms. The number of hydrogen-bond donors (Lipinski definition) is 3. The number of aromatic amines is 3. The van der Waals surface area contributed by atoms with Gasteiger partial charge >= 0.3 is 45.4 Å². The van der Waals surface area contributed by atoms with Gasteiger partial charge in [0.1, 0.15) is 0 Å². The second-order valence-electron chi connectivity index (χ2n) is 34.1. The van der Waals surface area contributed by atoms with Crippen LogP contribution in [0.3, 0.4) is 0 Å². The fourth-order valence-corrected chi connectivity index (χ4v) is 16.2. The normalized spacial score (nSPS) is 11.1. The first-order valence-electron chi connectivity index (χ1n) is 46.6. The van der Waals surface area contributed by atoms with Crippen molar-refractivity contribution in [3.63, 3.8) is 0 Å². The number of imidazole rings is 7. The van der Waals surface area contributed by atoms with Crippen molar-refractivity contribution in [2.75, 3.05) is 13.0 Å². The molecule has 3 N–H and O–H groups in total. The minimum Gasteiger partial charge on any atom is -0.328 e. The highest BCUT2D eigenvalue weighted by atomic mass is 35.5. The Labute approximate surface area is 841 Å². The number of alkyl halides is 2. The van der Waals surface area contributed by atoms with Crippen LogP contribution in [0, 0.1) is 24.7 Å². The molecule has 0 fully saturated rings. The maximum absolute atomic E-state index is 12.7. The fourth-order valence-electron chi connectivity index (χ4n) is 16.1. The molecule has 784 valence electrons. The van der Waals surface area contributed by atoms with E-state index in [2.05, 4.69) is 108 Å². The third-order valence-corrected chi connectivity index (χ3v) is 23.9. The van der Waals surface area contributed by atoms with E-state index in [-0.39, 0.29) is 67.5 Å². The van der Waals surface area contributed by atoms with Gasteiger partial charge in [0.05, 0.1) is 121 Å². The molecular formula is C89H116ClFN43O14+. The number of hydrogen-bond acceptors (Lipinski definition) is 30. The number of rotatable bonds is 25. The van der Waals surface area contributed by atoms with Gasteiger partial charge in [0.15, 0.2) is 73.3 Å². The summed E-state index contributed by atoms with van der Waals surface area (Å²) < 4.78 is 47.7. The van der Waals surface area contributed by atoms with Crippen molar-refractivity contribution in [3.8, 4) is 24.7 Å². The van der Waals surface area contributed by atoms with Crippen LogP contribution in [0.4, 0.5) is 4.39 Å². The summed E-state index contributed by atoms with van der Waals surface area (Å²) >= 11 is 5.28. The van der Waals surface area contributed by atoms with E-state index in [4.69, 9.17) is 25.8 Å². The van der Waals surface area contributed by atoms with Crippen molar-refractivity contribution >= 4 is 89.7 Å². The van der Waals surface area contributed by atoms with Crippen LogP contribution >= 0.6 is 11.6 Å². The van der Waals surface area contributed by atoms with Gasteiger partial charge in [0.25, 0.3) is 39.0 Å². The van der Waals surface area contributed by atoms with Gasteiger partial charge in [-0.05, 0) is 77.0 Å². The summed E-state index contributed by atoms with van der Waals surface area (Å²) in [5, 5.41) is 44.6. The van der Waals surface area contributed by atoms with Crippen LogP contribution in [0.25, 0.3) is 78.1 Å². The van der Waals surface area contributed by atoms with E-state index in [1.165, 1.54) is 107 Å². The molecule has 19 aromatic rings. The zero-order valence-corrected chi connectivity index (χ0v) is 85.8. The van der Waals surface area contributed by atoms with Gasteiger partial charge in [0, 0.05) is 170 Å². The Morgan fingerprint density at radius 3 is 0.946 bits per heavy atom. The van der Waals surface area contributed by atoms with Gasteiger partial charge in [0.2, 0.25) is 5.52 Å². The van der Waals surface area contributed by atoms with Gasteiger partial charge in [-0.25, -0.2) is 77.2 Å². The average molecular weight is 2070 g/mol. The summed E-state index contributed by atoms with van der Waals surface area (Å²) in [5.74, 6) is 5.66. The average Bonchev–Trinajstić information content (AvgIpc) is 1.62. The topological polar surface area (TPSA) is 610 Å². The number of aromatic nitrogens is 43. The second-order valence-corrected chi connectivity index (χ2v) is 34.4. The summed E-state index contributed by atoms with van der Waals surface area (Å²) in [5.41, 5.74) is 5.52. The zero-order chi connectivity index (χ0) is 109. The van der Waals surface area contributed by atoms with Crippen molar-refractivity contribution in [2.24, 2.45) is 127 Å². The van der Waals surface area contributed by atoms with Crippen molar-refractivity contribution < 1.29 is 10.3 Å². The molecule has 0 saturated heterocycles. The molecule has 0 bridgehead atoms. The van der Waals surface area contributed by atoms with Gasteiger partial charge in [-0.1, -0.05) is 5.21 Å². The highest BCUT2D eigenvalue weighted by molar-refractivity contribution is 6.17. The predicted molar refractivity (Wildman–Crippen MR) is 543 cm³/mol. The number of aryl methyl sites for hydroxylation is 23. The van der Waals surface area contributed by atoms with Crippen molar-refractivity contribution in [1.29, 1.82) is 0 Å². The van der Waals surface area contributed by atoms with E-state index in [1.54, 1.807) is 192 Å². The molecule has 59 heteroatoms. The summed E-state index contributed by atoms with van der Waals surface area (Å²) in [4.78, 5) is 200. The van der Waals surface area contributed by atoms with Crippen LogP contribution in [-0.2, 0) is 198 Å². The SMILES string of the molecule is C#CCCCCl.C#CCCCn1c(=O)c2c(ncn2C)n(C)c1=O.Cn1cc(CCCn2c(=O)c3c(ncn3C)n(C)c2=O)nn1.Cn1cnc2c1c(=O)[nH]c(=O)n2C.Cn1cnc2c1c(=O)n(CCCc1cn[nH]n1)c(=O)n2C.Cn1cnc2c1c(=O)n(CCCc1cn[nH]n1)c(=O)n2C.Cn1ncc(CCCn2c(=O)c3c(n(C)c2=O)[n+](C)cn3C)n1.Cn1ncc(CCCn2c(=O)c3c(ncn3C)n(C)c2=O)n1.[2H]CF. The molecule has 57 nitrogen and oxygen atoms in total. The smallest absolute Gasteiger partial charge is 0.328 e. The Morgan fingerprint density at radius 1 is 0.372 bits per heavy atom. The van der Waals surface area contributed by atoms with Crippen molar-refractivity contribution in [1.82, 2.24) is 202 Å².